The maximum absolute atomic E-state index is 11.8. The predicted molar refractivity (Wildman–Crippen MR) is 60.3 cm³/mol. The molecule has 1 rings (SSSR count). The van der Waals surface area contributed by atoms with E-state index in [9.17, 15) is 4.79 Å². The van der Waals surface area contributed by atoms with Gasteiger partial charge >= 0.3 is 0 Å². The van der Waals surface area contributed by atoms with Crippen LogP contribution in [0, 0.1) is 5.92 Å². The predicted octanol–water partition coefficient (Wildman–Crippen LogP) is 3.56. The topological polar surface area (TPSA) is 17.1 Å². The molecule has 0 saturated heterocycles. The quantitative estimate of drug-likeness (QED) is 0.663. The van der Waals surface area contributed by atoms with Gasteiger partial charge in [0.05, 0.1) is 0 Å². The summed E-state index contributed by atoms with van der Waals surface area (Å²) in [6.45, 7) is 5.81. The van der Waals surface area contributed by atoms with Gasteiger partial charge in [0.15, 0.2) is 5.78 Å². The van der Waals surface area contributed by atoms with E-state index >= 15 is 0 Å². The molecule has 1 heteroatoms. The molecule has 1 nitrogen and oxygen atoms in total. The number of Topliss-reactive ketones (excluding diaryl/α,β-unsaturated/α-hetero) is 1. The molecule has 0 aliphatic heterocycles. The Morgan fingerprint density at radius 1 is 1.29 bits per heavy atom. The Morgan fingerprint density at radius 2 is 1.93 bits per heavy atom. The molecule has 0 spiro atoms. The van der Waals surface area contributed by atoms with Gasteiger partial charge in [-0.15, -0.1) is 0 Å². The van der Waals surface area contributed by atoms with E-state index in [1.807, 2.05) is 57.2 Å². The van der Waals surface area contributed by atoms with Crippen molar-refractivity contribution in [1.29, 1.82) is 0 Å². The first kappa shape index (κ1) is 10.7. The number of ketones is 1. The van der Waals surface area contributed by atoms with E-state index < -0.39 is 0 Å². The number of carbonyl (C=O) groups is 1. The monoisotopic (exact) mass is 188 g/mol. The molecular weight excluding hydrogens is 172 g/mol. The minimum Gasteiger partial charge on any atom is -0.294 e. The summed E-state index contributed by atoms with van der Waals surface area (Å²) >= 11 is 0. The number of rotatable bonds is 3. The third-order valence-corrected chi connectivity index (χ3v) is 2.10. The molecule has 0 N–H and O–H groups in total. The zero-order chi connectivity index (χ0) is 10.6. The Hall–Kier alpha value is -1.37. The van der Waals surface area contributed by atoms with Gasteiger partial charge in [-0.3, -0.25) is 4.79 Å². The first-order valence-corrected chi connectivity index (χ1v) is 4.92. The van der Waals surface area contributed by atoms with Gasteiger partial charge in [-0.1, -0.05) is 50.3 Å². The Morgan fingerprint density at radius 3 is 2.50 bits per heavy atom. The summed E-state index contributed by atoms with van der Waals surface area (Å²) in [6, 6.07) is 7.71. The van der Waals surface area contributed by atoms with Crippen LogP contribution in [0.15, 0.2) is 30.3 Å². The molecule has 0 bridgehead atoms. The van der Waals surface area contributed by atoms with Crippen molar-refractivity contribution in [3.05, 3.63) is 41.5 Å². The summed E-state index contributed by atoms with van der Waals surface area (Å²) in [5.74, 6) is 0.264. The average Bonchev–Trinajstić information content (AvgIpc) is 2.18. The van der Waals surface area contributed by atoms with Crippen molar-refractivity contribution < 1.29 is 4.79 Å². The summed E-state index contributed by atoms with van der Waals surface area (Å²) < 4.78 is 0. The second-order valence-electron chi connectivity index (χ2n) is 3.61. The zero-order valence-electron chi connectivity index (χ0n) is 8.95. The van der Waals surface area contributed by atoms with Crippen LogP contribution in [-0.2, 0) is 0 Å². The van der Waals surface area contributed by atoms with Crippen molar-refractivity contribution in [3.63, 3.8) is 0 Å². The summed E-state index contributed by atoms with van der Waals surface area (Å²) in [5, 5.41) is 0. The van der Waals surface area contributed by atoms with Gasteiger partial charge in [-0.05, 0) is 12.5 Å². The van der Waals surface area contributed by atoms with Crippen molar-refractivity contribution in [2.45, 2.75) is 20.8 Å². The number of hydrogen-bond donors (Lipinski definition) is 0. The summed E-state index contributed by atoms with van der Waals surface area (Å²) in [5.41, 5.74) is 1.83. The van der Waals surface area contributed by atoms with Gasteiger partial charge in [0.25, 0.3) is 0 Å². The average molecular weight is 188 g/mol. The molecule has 1 aromatic carbocycles. The van der Waals surface area contributed by atoms with Crippen LogP contribution in [0.3, 0.4) is 0 Å². The minimum absolute atomic E-state index is 0.0569. The Balaban J connectivity index is 3.13. The van der Waals surface area contributed by atoms with E-state index in [-0.39, 0.29) is 11.7 Å². The molecule has 0 atom stereocenters. The van der Waals surface area contributed by atoms with E-state index in [1.165, 1.54) is 0 Å². The van der Waals surface area contributed by atoms with Crippen molar-refractivity contribution in [2.24, 2.45) is 5.92 Å². The lowest BCUT2D eigenvalue weighted by atomic mass is 9.96. The maximum atomic E-state index is 11.8. The highest BCUT2D eigenvalue weighted by molar-refractivity contribution is 6.00. The van der Waals surface area contributed by atoms with Crippen molar-refractivity contribution >= 4 is 11.9 Å². The first-order valence-electron chi connectivity index (χ1n) is 4.92. The fraction of sp³-hybridized carbons (Fsp3) is 0.308. The highest BCUT2D eigenvalue weighted by Crippen LogP contribution is 2.15. The third kappa shape index (κ3) is 2.32. The van der Waals surface area contributed by atoms with Crippen LogP contribution >= 0.6 is 0 Å². The van der Waals surface area contributed by atoms with Crippen LogP contribution in [0.25, 0.3) is 6.08 Å². The van der Waals surface area contributed by atoms with Crippen LogP contribution in [0.2, 0.25) is 0 Å². The zero-order valence-corrected chi connectivity index (χ0v) is 8.95. The standard InChI is InChI=1S/C13H16O/c1-4-7-11-8-5-6-9-12(11)13(14)10(2)3/h4-10H,1-3H3/b7-4-. The van der Waals surface area contributed by atoms with Gasteiger partial charge in [-0.25, -0.2) is 0 Å². The lowest BCUT2D eigenvalue weighted by Crippen LogP contribution is -2.08. The summed E-state index contributed by atoms with van der Waals surface area (Å²) in [7, 11) is 0. The van der Waals surface area contributed by atoms with Gasteiger partial charge < -0.3 is 0 Å². The molecule has 74 valence electrons. The highest BCUT2D eigenvalue weighted by Gasteiger charge is 2.12. The number of hydrogen-bond acceptors (Lipinski definition) is 1. The van der Waals surface area contributed by atoms with Crippen molar-refractivity contribution in [1.82, 2.24) is 0 Å². The second kappa shape index (κ2) is 4.75. The lowest BCUT2D eigenvalue weighted by Gasteiger charge is -2.07. The van der Waals surface area contributed by atoms with E-state index in [2.05, 4.69) is 0 Å². The van der Waals surface area contributed by atoms with E-state index in [0.717, 1.165) is 11.1 Å². The largest absolute Gasteiger partial charge is 0.294 e. The highest BCUT2D eigenvalue weighted by atomic mass is 16.1. The molecule has 1 aromatic rings. The molecule has 0 heterocycles. The summed E-state index contributed by atoms with van der Waals surface area (Å²) in [4.78, 5) is 11.8. The normalized spacial score (nSPS) is 11.1. The van der Waals surface area contributed by atoms with E-state index in [4.69, 9.17) is 0 Å². The smallest absolute Gasteiger partial charge is 0.165 e. The third-order valence-electron chi connectivity index (χ3n) is 2.10. The van der Waals surface area contributed by atoms with Crippen LogP contribution in [0.5, 0.6) is 0 Å². The Labute approximate surface area is 85.5 Å². The van der Waals surface area contributed by atoms with Crippen LogP contribution < -0.4 is 0 Å². The maximum Gasteiger partial charge on any atom is 0.165 e. The van der Waals surface area contributed by atoms with E-state index in [0.29, 0.717) is 0 Å². The second-order valence-corrected chi connectivity index (χ2v) is 3.61. The van der Waals surface area contributed by atoms with Crippen molar-refractivity contribution in [2.75, 3.05) is 0 Å². The summed E-state index contributed by atoms with van der Waals surface area (Å²) in [6.07, 6.45) is 3.92. The fourth-order valence-electron chi connectivity index (χ4n) is 1.36. The molecule has 0 aromatic heterocycles. The van der Waals surface area contributed by atoms with Gasteiger partial charge in [0, 0.05) is 11.5 Å². The molecule has 0 saturated carbocycles. The Bertz CT molecular complexity index is 348. The molecule has 0 fully saturated rings. The van der Waals surface area contributed by atoms with Gasteiger partial charge in [0.1, 0.15) is 0 Å². The van der Waals surface area contributed by atoms with Crippen LogP contribution in [-0.4, -0.2) is 5.78 Å². The van der Waals surface area contributed by atoms with Crippen LogP contribution in [0.1, 0.15) is 36.7 Å². The molecule has 0 aliphatic carbocycles. The lowest BCUT2D eigenvalue weighted by molar-refractivity contribution is 0.0939. The molecule has 0 aliphatic rings. The Kier molecular flexibility index (Phi) is 3.63. The van der Waals surface area contributed by atoms with Crippen molar-refractivity contribution in [3.8, 4) is 0 Å². The van der Waals surface area contributed by atoms with E-state index in [1.54, 1.807) is 0 Å². The molecular formula is C13H16O. The first-order chi connectivity index (χ1) is 6.66. The fourth-order valence-corrected chi connectivity index (χ4v) is 1.36. The molecule has 14 heavy (non-hydrogen) atoms. The molecule has 0 radical (unpaired) electrons. The molecule has 0 unspecified atom stereocenters. The number of allylic oxidation sites excluding steroid dienone is 1. The van der Waals surface area contributed by atoms with Gasteiger partial charge in [0.2, 0.25) is 0 Å². The minimum atomic E-state index is 0.0569. The SMILES string of the molecule is C/C=C\c1ccccc1C(=O)C(C)C. The van der Waals surface area contributed by atoms with Crippen LogP contribution in [0.4, 0.5) is 0 Å². The number of carbonyl (C=O) groups excluding carboxylic acids is 1. The van der Waals surface area contributed by atoms with Gasteiger partial charge in [-0.2, -0.15) is 0 Å². The number of benzene rings is 1. The molecule has 0 amide bonds.